The maximum absolute atomic E-state index is 10.4. The topological polar surface area (TPSA) is 69.9 Å². The lowest BCUT2D eigenvalue weighted by atomic mass is 9.83. The van der Waals surface area contributed by atoms with Crippen LogP contribution in [-0.4, -0.2) is 38.2 Å². The summed E-state index contributed by atoms with van der Waals surface area (Å²) in [5, 5.41) is 10.4. The van der Waals surface area contributed by atoms with E-state index in [0.717, 1.165) is 11.1 Å². The molecule has 0 radical (unpaired) electrons. The third kappa shape index (κ3) is 4.94. The van der Waals surface area contributed by atoms with E-state index in [-0.39, 0.29) is 13.2 Å². The fraction of sp³-hybridized carbons (Fsp3) is 0.393. The van der Waals surface area contributed by atoms with E-state index in [2.05, 4.69) is 6.07 Å². The monoisotopic (exact) mass is 463 g/mol. The zero-order valence-electron chi connectivity index (χ0n) is 20.3. The van der Waals surface area contributed by atoms with Gasteiger partial charge in [-0.05, 0) is 33.3 Å². The van der Waals surface area contributed by atoms with Gasteiger partial charge in [0.05, 0.1) is 30.8 Å². The van der Waals surface area contributed by atoms with Crippen molar-refractivity contribution in [1.29, 1.82) is 5.26 Å². The van der Waals surface area contributed by atoms with Crippen molar-refractivity contribution in [2.75, 3.05) is 26.4 Å². The van der Waals surface area contributed by atoms with Crippen LogP contribution in [0.15, 0.2) is 72.3 Å². The number of hydrogen-bond donors (Lipinski definition) is 0. The standard InChI is InChI=1S/C28H33NO5/c1-5-30-27(31-6-2)25(20-19-22-15-11-9-12-16-22)24(21-29)26(23-17-13-10-14-18-23)34-28(27,32-7-3)33-8-4/h9-20,25H,5-8H2,1-4H3/b20-19-/t25-/m0/s1. The van der Waals surface area contributed by atoms with Gasteiger partial charge in [0.2, 0.25) is 0 Å². The summed E-state index contributed by atoms with van der Waals surface area (Å²) in [6.07, 6.45) is 3.86. The fourth-order valence-electron chi connectivity index (χ4n) is 4.21. The first-order valence-electron chi connectivity index (χ1n) is 11.8. The summed E-state index contributed by atoms with van der Waals surface area (Å²) in [4.78, 5) is 0. The molecule has 180 valence electrons. The highest BCUT2D eigenvalue weighted by Crippen LogP contribution is 2.51. The van der Waals surface area contributed by atoms with Gasteiger partial charge in [0.25, 0.3) is 5.79 Å². The highest BCUT2D eigenvalue weighted by atomic mass is 16.9. The summed E-state index contributed by atoms with van der Waals surface area (Å²) >= 11 is 0. The van der Waals surface area contributed by atoms with E-state index in [1.54, 1.807) is 0 Å². The Morgan fingerprint density at radius 1 is 0.824 bits per heavy atom. The minimum atomic E-state index is -1.74. The average molecular weight is 464 g/mol. The van der Waals surface area contributed by atoms with E-state index in [1.807, 2.05) is 101 Å². The molecular formula is C28H33NO5. The van der Waals surface area contributed by atoms with Crippen LogP contribution in [0.4, 0.5) is 0 Å². The predicted octanol–water partition coefficient (Wildman–Crippen LogP) is 5.78. The molecule has 0 N–H and O–H groups in total. The zero-order valence-corrected chi connectivity index (χ0v) is 20.3. The van der Waals surface area contributed by atoms with E-state index in [9.17, 15) is 5.26 Å². The van der Waals surface area contributed by atoms with Gasteiger partial charge in [0.1, 0.15) is 5.76 Å². The largest absolute Gasteiger partial charge is 0.433 e. The quantitative estimate of drug-likeness (QED) is 0.394. The molecule has 2 aromatic rings. The Balaban J connectivity index is 2.33. The first-order chi connectivity index (χ1) is 16.6. The number of hydrogen-bond acceptors (Lipinski definition) is 6. The zero-order chi connectivity index (χ0) is 24.4. The Bertz CT molecular complexity index is 998. The molecule has 1 heterocycles. The number of nitrogens with zero attached hydrogens (tertiary/aromatic N) is 1. The van der Waals surface area contributed by atoms with Crippen LogP contribution < -0.4 is 0 Å². The van der Waals surface area contributed by atoms with Crippen LogP contribution >= 0.6 is 0 Å². The first-order valence-corrected chi connectivity index (χ1v) is 11.8. The van der Waals surface area contributed by atoms with Gasteiger partial charge in [-0.25, -0.2) is 0 Å². The van der Waals surface area contributed by atoms with Crippen LogP contribution in [0.1, 0.15) is 38.8 Å². The summed E-state index contributed by atoms with van der Waals surface area (Å²) in [5.41, 5.74) is 2.09. The van der Waals surface area contributed by atoms with Crippen molar-refractivity contribution >= 4 is 11.8 Å². The van der Waals surface area contributed by atoms with Crippen molar-refractivity contribution in [3.8, 4) is 6.07 Å². The Hall–Kier alpha value is -2.95. The highest BCUT2D eigenvalue weighted by Gasteiger charge is 2.67. The number of nitriles is 1. The van der Waals surface area contributed by atoms with Crippen molar-refractivity contribution in [2.45, 2.75) is 39.5 Å². The van der Waals surface area contributed by atoms with Crippen LogP contribution in [0, 0.1) is 17.2 Å². The second kappa shape index (κ2) is 12.0. The lowest BCUT2D eigenvalue weighted by Gasteiger charge is -2.52. The molecule has 0 saturated carbocycles. The van der Waals surface area contributed by atoms with Crippen LogP contribution in [0.2, 0.25) is 0 Å². The van der Waals surface area contributed by atoms with Gasteiger partial charge in [-0.15, -0.1) is 0 Å². The molecule has 0 aliphatic carbocycles. The molecule has 0 aromatic heterocycles. The van der Waals surface area contributed by atoms with E-state index < -0.39 is 17.7 Å². The fourth-order valence-corrected chi connectivity index (χ4v) is 4.21. The number of ether oxygens (including phenoxy) is 5. The lowest BCUT2D eigenvalue weighted by Crippen LogP contribution is -2.67. The van der Waals surface area contributed by atoms with E-state index in [0.29, 0.717) is 24.5 Å². The molecule has 1 atom stereocenters. The average Bonchev–Trinajstić information content (AvgIpc) is 2.86. The minimum absolute atomic E-state index is 0.279. The van der Waals surface area contributed by atoms with Crippen molar-refractivity contribution in [2.24, 2.45) is 5.92 Å². The summed E-state index contributed by atoms with van der Waals surface area (Å²) in [5.74, 6) is -3.60. The Morgan fingerprint density at radius 2 is 1.35 bits per heavy atom. The molecule has 0 fully saturated rings. The SMILES string of the molecule is CCOC1(OCC)OC(c2ccccc2)=C(C#N)[C@H](/C=C\c2ccccc2)C1(OCC)OCC. The molecule has 0 saturated heterocycles. The molecule has 34 heavy (non-hydrogen) atoms. The maximum Gasteiger partial charge on any atom is 0.385 e. The van der Waals surface area contributed by atoms with Crippen molar-refractivity contribution in [3.05, 3.63) is 83.4 Å². The molecule has 2 aromatic carbocycles. The van der Waals surface area contributed by atoms with Crippen molar-refractivity contribution in [3.63, 3.8) is 0 Å². The van der Waals surface area contributed by atoms with E-state index >= 15 is 0 Å². The smallest absolute Gasteiger partial charge is 0.385 e. The van der Waals surface area contributed by atoms with Gasteiger partial charge >= 0.3 is 5.97 Å². The molecule has 6 heteroatoms. The van der Waals surface area contributed by atoms with Crippen LogP contribution in [-0.2, 0) is 23.7 Å². The number of rotatable bonds is 11. The van der Waals surface area contributed by atoms with Crippen LogP contribution in [0.5, 0.6) is 0 Å². The molecular weight excluding hydrogens is 430 g/mol. The highest BCUT2D eigenvalue weighted by molar-refractivity contribution is 5.70. The second-order valence-corrected chi connectivity index (χ2v) is 7.53. The first kappa shape index (κ1) is 25.7. The van der Waals surface area contributed by atoms with Gasteiger partial charge in [-0.1, -0.05) is 72.8 Å². The molecule has 3 rings (SSSR count). The van der Waals surface area contributed by atoms with Crippen LogP contribution in [0.25, 0.3) is 11.8 Å². The third-order valence-corrected chi connectivity index (χ3v) is 5.45. The Morgan fingerprint density at radius 3 is 1.85 bits per heavy atom. The molecule has 1 aliphatic heterocycles. The Labute approximate surface area is 202 Å². The lowest BCUT2D eigenvalue weighted by molar-refractivity contribution is -0.492. The second-order valence-electron chi connectivity index (χ2n) is 7.53. The molecule has 0 unspecified atom stereocenters. The van der Waals surface area contributed by atoms with Crippen LogP contribution in [0.3, 0.4) is 0 Å². The van der Waals surface area contributed by atoms with E-state index in [4.69, 9.17) is 23.7 Å². The predicted molar refractivity (Wildman–Crippen MR) is 131 cm³/mol. The number of benzene rings is 2. The molecule has 0 amide bonds. The molecule has 1 aliphatic rings. The van der Waals surface area contributed by atoms with Gasteiger partial charge in [0, 0.05) is 18.8 Å². The summed E-state index contributed by atoms with van der Waals surface area (Å²) < 4.78 is 31.5. The maximum atomic E-state index is 10.4. The Kier molecular flexibility index (Phi) is 9.03. The minimum Gasteiger partial charge on any atom is -0.433 e. The van der Waals surface area contributed by atoms with Gasteiger partial charge < -0.3 is 23.7 Å². The van der Waals surface area contributed by atoms with Crippen molar-refractivity contribution < 1.29 is 23.7 Å². The molecule has 6 nitrogen and oxygen atoms in total. The summed E-state index contributed by atoms with van der Waals surface area (Å²) in [6, 6.07) is 21.7. The van der Waals surface area contributed by atoms with Gasteiger partial charge in [0.15, 0.2) is 0 Å². The molecule has 0 spiro atoms. The van der Waals surface area contributed by atoms with Crippen molar-refractivity contribution in [1.82, 2.24) is 0 Å². The van der Waals surface area contributed by atoms with Gasteiger partial charge in [-0.2, -0.15) is 5.26 Å². The summed E-state index contributed by atoms with van der Waals surface area (Å²) in [6.45, 7) is 8.58. The molecule has 0 bridgehead atoms. The third-order valence-electron chi connectivity index (χ3n) is 5.45. The summed E-state index contributed by atoms with van der Waals surface area (Å²) in [7, 11) is 0. The normalized spacial score (nSPS) is 19.1. The van der Waals surface area contributed by atoms with Gasteiger partial charge in [-0.3, -0.25) is 0 Å². The van der Waals surface area contributed by atoms with E-state index in [1.165, 1.54) is 0 Å².